The molecule has 0 unspecified atom stereocenters. The van der Waals surface area contributed by atoms with Crippen molar-refractivity contribution in [2.45, 2.75) is 20.3 Å². The normalized spacial score (nSPS) is 10.5. The highest BCUT2D eigenvalue weighted by Gasteiger charge is 2.10. The summed E-state index contributed by atoms with van der Waals surface area (Å²) in [6.07, 6.45) is 0.367. The van der Waals surface area contributed by atoms with Crippen LogP contribution in [0.3, 0.4) is 0 Å². The summed E-state index contributed by atoms with van der Waals surface area (Å²) in [5, 5.41) is 2.50. The summed E-state index contributed by atoms with van der Waals surface area (Å²) in [4.78, 5) is 11.4. The lowest BCUT2D eigenvalue weighted by Gasteiger charge is -2.08. The first kappa shape index (κ1) is 12.0. The summed E-state index contributed by atoms with van der Waals surface area (Å²) in [6.45, 7) is 3.85. The Bertz CT molecular complexity index is 366. The number of halogens is 2. The van der Waals surface area contributed by atoms with Gasteiger partial charge in [0.25, 0.3) is 0 Å². The second kappa shape index (κ2) is 5.12. The minimum Gasteiger partial charge on any atom is -0.324 e. The fourth-order valence-electron chi connectivity index (χ4n) is 1.17. The Kier molecular flexibility index (Phi) is 4.09. The Morgan fingerprint density at radius 1 is 1.53 bits per heavy atom. The van der Waals surface area contributed by atoms with Crippen molar-refractivity contribution in [2.75, 3.05) is 5.32 Å². The van der Waals surface area contributed by atoms with Crippen LogP contribution in [0.15, 0.2) is 18.2 Å². The number of carbonyl (C=O) groups excluding carboxylic acids is 1. The van der Waals surface area contributed by atoms with Gasteiger partial charge in [-0.1, -0.05) is 31.5 Å². The number of amides is 1. The van der Waals surface area contributed by atoms with Crippen molar-refractivity contribution >= 4 is 23.2 Å². The van der Waals surface area contributed by atoms with Crippen LogP contribution in [0.5, 0.6) is 0 Å². The van der Waals surface area contributed by atoms with Crippen molar-refractivity contribution in [1.29, 1.82) is 0 Å². The summed E-state index contributed by atoms with van der Waals surface area (Å²) in [5.41, 5.74) is 0.133. The molecule has 15 heavy (non-hydrogen) atoms. The van der Waals surface area contributed by atoms with Crippen molar-refractivity contribution in [3.05, 3.63) is 29.0 Å². The van der Waals surface area contributed by atoms with Gasteiger partial charge in [0, 0.05) is 6.42 Å². The first-order valence-electron chi connectivity index (χ1n) is 4.74. The summed E-state index contributed by atoms with van der Waals surface area (Å²) >= 11 is 5.58. The van der Waals surface area contributed by atoms with Crippen LogP contribution in [0.1, 0.15) is 20.3 Å². The minimum atomic E-state index is -0.587. The predicted octanol–water partition coefficient (Wildman–Crippen LogP) is 3.46. The Labute approximate surface area is 93.4 Å². The van der Waals surface area contributed by atoms with Crippen LogP contribution in [0.25, 0.3) is 0 Å². The average Bonchev–Trinajstić information content (AvgIpc) is 2.11. The molecule has 0 saturated carbocycles. The number of hydrogen-bond acceptors (Lipinski definition) is 1. The Hall–Kier alpha value is -1.09. The van der Waals surface area contributed by atoms with Crippen LogP contribution >= 0.6 is 11.6 Å². The van der Waals surface area contributed by atoms with Gasteiger partial charge >= 0.3 is 0 Å². The lowest BCUT2D eigenvalue weighted by Crippen LogP contribution is -2.14. The summed E-state index contributed by atoms with van der Waals surface area (Å²) < 4.78 is 13.4. The zero-order valence-electron chi connectivity index (χ0n) is 8.68. The maximum absolute atomic E-state index is 13.4. The van der Waals surface area contributed by atoms with E-state index in [1.807, 2.05) is 13.8 Å². The molecule has 0 saturated heterocycles. The van der Waals surface area contributed by atoms with Crippen molar-refractivity contribution in [2.24, 2.45) is 5.92 Å². The van der Waals surface area contributed by atoms with Crippen LogP contribution in [-0.4, -0.2) is 5.91 Å². The van der Waals surface area contributed by atoms with Crippen molar-refractivity contribution in [3.63, 3.8) is 0 Å². The first-order chi connectivity index (χ1) is 7.00. The third-order valence-corrected chi connectivity index (χ3v) is 2.11. The SMILES string of the molecule is CC(C)CC(=O)Nc1cccc(Cl)c1F. The third kappa shape index (κ3) is 3.51. The second-order valence-corrected chi connectivity index (χ2v) is 4.15. The largest absolute Gasteiger partial charge is 0.324 e. The van der Waals surface area contributed by atoms with Gasteiger partial charge < -0.3 is 5.32 Å². The zero-order valence-corrected chi connectivity index (χ0v) is 9.44. The number of nitrogens with one attached hydrogen (secondary N) is 1. The lowest BCUT2D eigenvalue weighted by atomic mass is 10.1. The molecule has 0 bridgehead atoms. The smallest absolute Gasteiger partial charge is 0.224 e. The van der Waals surface area contributed by atoms with Crippen LogP contribution < -0.4 is 5.32 Å². The number of benzene rings is 1. The molecule has 1 rings (SSSR count). The topological polar surface area (TPSA) is 29.1 Å². The molecule has 0 fully saturated rings. The molecule has 0 heterocycles. The van der Waals surface area contributed by atoms with Crippen LogP contribution in [-0.2, 0) is 4.79 Å². The molecule has 1 aromatic rings. The van der Waals surface area contributed by atoms with Gasteiger partial charge in [-0.25, -0.2) is 4.39 Å². The van der Waals surface area contributed by atoms with E-state index in [2.05, 4.69) is 5.32 Å². The van der Waals surface area contributed by atoms with E-state index in [0.29, 0.717) is 6.42 Å². The molecular formula is C11H13ClFNO. The molecule has 0 atom stereocenters. The molecule has 0 aliphatic carbocycles. The van der Waals surface area contributed by atoms with Crippen LogP contribution in [0, 0.1) is 11.7 Å². The van der Waals surface area contributed by atoms with Crippen molar-refractivity contribution < 1.29 is 9.18 Å². The van der Waals surface area contributed by atoms with E-state index in [9.17, 15) is 9.18 Å². The molecular weight excluding hydrogens is 217 g/mol. The molecule has 0 spiro atoms. The maximum atomic E-state index is 13.4. The summed E-state index contributed by atoms with van der Waals surface area (Å²) in [6, 6.07) is 4.52. The van der Waals surface area contributed by atoms with Gasteiger partial charge in [-0.2, -0.15) is 0 Å². The van der Waals surface area contributed by atoms with Crippen LogP contribution in [0.2, 0.25) is 5.02 Å². The molecule has 0 aromatic heterocycles. The Balaban J connectivity index is 2.73. The van der Waals surface area contributed by atoms with E-state index in [1.54, 1.807) is 6.07 Å². The van der Waals surface area contributed by atoms with Gasteiger partial charge in [0.1, 0.15) is 0 Å². The second-order valence-electron chi connectivity index (χ2n) is 3.75. The molecule has 1 N–H and O–H groups in total. The molecule has 2 nitrogen and oxygen atoms in total. The van der Waals surface area contributed by atoms with Gasteiger partial charge in [-0.3, -0.25) is 4.79 Å². The highest BCUT2D eigenvalue weighted by Crippen LogP contribution is 2.22. The van der Waals surface area contributed by atoms with E-state index in [4.69, 9.17) is 11.6 Å². The molecule has 0 aliphatic rings. The Morgan fingerprint density at radius 3 is 2.80 bits per heavy atom. The standard InChI is InChI=1S/C11H13ClFNO/c1-7(2)6-10(15)14-9-5-3-4-8(12)11(9)13/h3-5,7H,6H2,1-2H3,(H,14,15). The number of anilines is 1. The van der Waals surface area contributed by atoms with E-state index in [1.165, 1.54) is 12.1 Å². The average molecular weight is 230 g/mol. The van der Waals surface area contributed by atoms with Gasteiger partial charge in [-0.05, 0) is 18.1 Å². The van der Waals surface area contributed by atoms with Crippen molar-refractivity contribution in [1.82, 2.24) is 0 Å². The summed E-state index contributed by atoms with van der Waals surface area (Å²) in [7, 11) is 0. The number of rotatable bonds is 3. The number of carbonyl (C=O) groups is 1. The molecule has 0 radical (unpaired) electrons. The van der Waals surface area contributed by atoms with Gasteiger partial charge in [-0.15, -0.1) is 0 Å². The molecule has 1 aromatic carbocycles. The minimum absolute atomic E-state index is 0.0114. The van der Waals surface area contributed by atoms with E-state index in [0.717, 1.165) is 0 Å². The fourth-order valence-corrected chi connectivity index (χ4v) is 1.35. The summed E-state index contributed by atoms with van der Waals surface area (Å²) in [5.74, 6) is -0.547. The molecule has 0 aliphatic heterocycles. The lowest BCUT2D eigenvalue weighted by molar-refractivity contribution is -0.116. The first-order valence-corrected chi connectivity index (χ1v) is 5.12. The number of hydrogen-bond donors (Lipinski definition) is 1. The van der Waals surface area contributed by atoms with E-state index in [-0.39, 0.29) is 22.5 Å². The monoisotopic (exact) mass is 229 g/mol. The third-order valence-electron chi connectivity index (χ3n) is 1.82. The van der Waals surface area contributed by atoms with Crippen molar-refractivity contribution in [3.8, 4) is 0 Å². The highest BCUT2D eigenvalue weighted by atomic mass is 35.5. The van der Waals surface area contributed by atoms with Gasteiger partial charge in [0.2, 0.25) is 5.91 Å². The van der Waals surface area contributed by atoms with Gasteiger partial charge in [0.15, 0.2) is 5.82 Å². The molecule has 4 heteroatoms. The zero-order chi connectivity index (χ0) is 11.4. The molecule has 1 amide bonds. The van der Waals surface area contributed by atoms with Gasteiger partial charge in [0.05, 0.1) is 10.7 Å². The van der Waals surface area contributed by atoms with Crippen LogP contribution in [0.4, 0.5) is 10.1 Å². The quantitative estimate of drug-likeness (QED) is 0.845. The Morgan fingerprint density at radius 2 is 2.20 bits per heavy atom. The van der Waals surface area contributed by atoms with E-state index < -0.39 is 5.82 Å². The molecule has 82 valence electrons. The maximum Gasteiger partial charge on any atom is 0.224 e. The highest BCUT2D eigenvalue weighted by molar-refractivity contribution is 6.31. The van der Waals surface area contributed by atoms with E-state index >= 15 is 0 Å². The predicted molar refractivity (Wildman–Crippen MR) is 59.5 cm³/mol. The fraction of sp³-hybridized carbons (Fsp3) is 0.364.